The molecule has 23 nitrogen and oxygen atoms in total. The van der Waals surface area contributed by atoms with Gasteiger partial charge in [-0.3, -0.25) is 43.2 Å². The molecule has 2 rings (SSSR count). The summed E-state index contributed by atoms with van der Waals surface area (Å²) in [6.45, 7) is 9.08. The Balaban J connectivity index is 2.25. The number of aliphatic hydroxyl groups is 1. The third-order valence-corrected chi connectivity index (χ3v) is 11.1. The Labute approximate surface area is 390 Å². The van der Waals surface area contributed by atoms with Gasteiger partial charge >= 0.3 is 11.9 Å². The lowest BCUT2D eigenvalue weighted by Gasteiger charge is -2.31. The zero-order valence-electron chi connectivity index (χ0n) is 39.0. The lowest BCUT2D eigenvalue weighted by atomic mass is 10.0. The Morgan fingerprint density at radius 1 is 0.657 bits per heavy atom. The zero-order valence-corrected chi connectivity index (χ0v) is 39.0. The largest absolute Gasteiger partial charge is 0.481 e. The summed E-state index contributed by atoms with van der Waals surface area (Å²) in [6.07, 6.45) is 0.472. The van der Waals surface area contributed by atoms with Crippen molar-refractivity contribution >= 4 is 59.2 Å². The number of benzene rings is 1. The quantitative estimate of drug-likeness (QED) is 0.0382. The van der Waals surface area contributed by atoms with Crippen LogP contribution in [-0.4, -0.2) is 153 Å². The van der Waals surface area contributed by atoms with E-state index in [1.807, 2.05) is 0 Å². The molecule has 1 saturated heterocycles. The molecule has 0 radical (unpaired) electrons. The molecule has 0 unspecified atom stereocenters. The van der Waals surface area contributed by atoms with Crippen molar-refractivity contribution in [2.75, 3.05) is 19.7 Å². The highest BCUT2D eigenvalue weighted by Crippen LogP contribution is 2.21. The predicted molar refractivity (Wildman–Crippen MR) is 242 cm³/mol. The summed E-state index contributed by atoms with van der Waals surface area (Å²) in [5, 5.41) is 45.9. The Kier molecular flexibility index (Phi) is 23.9. The number of likely N-dealkylation sites (tertiary alicyclic amines) is 1. The summed E-state index contributed by atoms with van der Waals surface area (Å²) in [7, 11) is 0. The standard InChI is InChI=1S/C44H70N10O13/c1-23(2)34(42(64)48-28(15-10-11-19-45)38(60)51-31(22-55)40(62)49-29(44(66)67)17-18-33(56)57)52-37(59)26(6)47-39(61)30(21-27-13-8-7-9-14-27)50-41(63)32-16-12-20-54(32)43(65)35(24(3)4)53-36(58)25(5)46/h7-9,13-14,23-26,28-32,34-35,55H,10-12,15-22,45-46H2,1-6H3,(H,47,61)(H,48,64)(H,49,62)(H,50,63)(H,51,60)(H,52,59)(H,53,58)(H,56,57)(H,66,67)/t25-,26-,28-,29-,30-,31-,32-,34-,35-/m0/s1. The Morgan fingerprint density at radius 2 is 1.22 bits per heavy atom. The molecule has 14 N–H and O–H groups in total. The van der Waals surface area contributed by atoms with E-state index >= 15 is 0 Å². The molecule has 1 aliphatic heterocycles. The van der Waals surface area contributed by atoms with Gasteiger partial charge in [-0.1, -0.05) is 58.0 Å². The first-order chi connectivity index (χ1) is 31.5. The van der Waals surface area contributed by atoms with E-state index < -0.39 is 139 Å². The van der Waals surface area contributed by atoms with Crippen molar-refractivity contribution in [1.29, 1.82) is 0 Å². The number of amides is 8. The highest BCUT2D eigenvalue weighted by Gasteiger charge is 2.40. The number of aliphatic carboxylic acids is 2. The van der Waals surface area contributed by atoms with E-state index in [1.165, 1.54) is 18.7 Å². The average Bonchev–Trinajstić information content (AvgIpc) is 3.77. The monoisotopic (exact) mass is 947 g/mol. The maximum Gasteiger partial charge on any atom is 0.326 e. The molecule has 1 aromatic carbocycles. The number of carbonyl (C=O) groups is 10. The molecule has 0 aromatic heterocycles. The summed E-state index contributed by atoms with van der Waals surface area (Å²) >= 11 is 0. The van der Waals surface area contributed by atoms with Crippen LogP contribution in [0.4, 0.5) is 0 Å². The van der Waals surface area contributed by atoms with Gasteiger partial charge in [0.05, 0.1) is 12.6 Å². The van der Waals surface area contributed by atoms with E-state index in [4.69, 9.17) is 16.6 Å². The number of nitrogens with zero attached hydrogens (tertiary/aromatic N) is 1. The van der Waals surface area contributed by atoms with Crippen LogP contribution in [0, 0.1) is 11.8 Å². The second-order valence-corrected chi connectivity index (χ2v) is 17.3. The third kappa shape index (κ3) is 18.5. The highest BCUT2D eigenvalue weighted by atomic mass is 16.4. The minimum atomic E-state index is -1.69. The second-order valence-electron chi connectivity index (χ2n) is 17.3. The summed E-state index contributed by atoms with van der Waals surface area (Å²) in [5.41, 5.74) is 12.0. The number of nitrogens with one attached hydrogen (secondary N) is 7. The van der Waals surface area contributed by atoms with Crippen LogP contribution in [0.3, 0.4) is 0 Å². The number of hydrogen-bond donors (Lipinski definition) is 12. The molecule has 23 heteroatoms. The SMILES string of the molecule is CC(C)[C@H](NC(=O)[C@H](C)NC(=O)[C@H](Cc1ccccc1)NC(=O)[C@@H]1CCCN1C(=O)[C@@H](NC(=O)[C@H](C)N)C(C)C)C(=O)N[C@@H](CCCCN)C(=O)N[C@@H](CO)C(=O)N[C@@H](CCC(=O)O)C(=O)O. The number of carboxylic acid groups (broad SMARTS) is 2. The second kappa shape index (κ2) is 28.1. The van der Waals surface area contributed by atoms with E-state index in [9.17, 15) is 58.2 Å². The topological polar surface area (TPSA) is 371 Å². The van der Waals surface area contributed by atoms with Gasteiger partial charge in [-0.15, -0.1) is 0 Å². The molecule has 0 spiro atoms. The first-order valence-electron chi connectivity index (χ1n) is 22.5. The Bertz CT molecular complexity index is 1880. The maximum absolute atomic E-state index is 13.9. The number of carboxylic acids is 2. The fourth-order valence-electron chi connectivity index (χ4n) is 7.09. The van der Waals surface area contributed by atoms with Gasteiger partial charge in [0.2, 0.25) is 47.3 Å². The number of carbonyl (C=O) groups excluding carboxylic acids is 8. The molecule has 1 fully saturated rings. The van der Waals surface area contributed by atoms with Crippen molar-refractivity contribution in [2.45, 2.75) is 147 Å². The van der Waals surface area contributed by atoms with E-state index in [-0.39, 0.29) is 38.3 Å². The average molecular weight is 947 g/mol. The smallest absolute Gasteiger partial charge is 0.326 e. The molecule has 67 heavy (non-hydrogen) atoms. The molecule has 9 atom stereocenters. The molecule has 1 heterocycles. The van der Waals surface area contributed by atoms with Crippen LogP contribution in [0.5, 0.6) is 0 Å². The van der Waals surface area contributed by atoms with Gasteiger partial charge in [0.15, 0.2) is 0 Å². The molecule has 374 valence electrons. The maximum atomic E-state index is 13.9. The normalized spacial score (nSPS) is 17.1. The Morgan fingerprint density at radius 3 is 1.78 bits per heavy atom. The van der Waals surface area contributed by atoms with Crippen LogP contribution in [-0.2, 0) is 54.4 Å². The fourth-order valence-corrected chi connectivity index (χ4v) is 7.09. The first-order valence-corrected chi connectivity index (χ1v) is 22.5. The molecular weight excluding hydrogens is 877 g/mol. The molecule has 0 bridgehead atoms. The lowest BCUT2D eigenvalue weighted by molar-refractivity contribution is -0.143. The van der Waals surface area contributed by atoms with Crippen LogP contribution in [0.25, 0.3) is 0 Å². The summed E-state index contributed by atoms with van der Waals surface area (Å²) < 4.78 is 0. The van der Waals surface area contributed by atoms with Crippen molar-refractivity contribution in [3.63, 3.8) is 0 Å². The first kappa shape index (κ1) is 56.9. The molecule has 8 amide bonds. The van der Waals surface area contributed by atoms with E-state index in [0.29, 0.717) is 24.8 Å². The van der Waals surface area contributed by atoms with Gasteiger partial charge in [0.1, 0.15) is 48.3 Å². The minimum Gasteiger partial charge on any atom is -0.481 e. The molecule has 0 saturated carbocycles. The van der Waals surface area contributed by atoms with Crippen LogP contribution in [0.2, 0.25) is 0 Å². The number of nitrogens with two attached hydrogens (primary N) is 2. The van der Waals surface area contributed by atoms with Gasteiger partial charge in [-0.2, -0.15) is 0 Å². The van der Waals surface area contributed by atoms with E-state index in [2.05, 4.69) is 37.2 Å². The molecule has 0 aliphatic carbocycles. The van der Waals surface area contributed by atoms with Gasteiger partial charge in [0, 0.05) is 19.4 Å². The molecular formula is C44H70N10O13. The molecule has 1 aromatic rings. The van der Waals surface area contributed by atoms with Crippen molar-refractivity contribution in [2.24, 2.45) is 23.3 Å². The zero-order chi connectivity index (χ0) is 50.5. The predicted octanol–water partition coefficient (Wildman–Crippen LogP) is -2.64. The van der Waals surface area contributed by atoms with Crippen LogP contribution < -0.4 is 48.7 Å². The Hall–Kier alpha value is -6.20. The number of rotatable bonds is 28. The van der Waals surface area contributed by atoms with Gasteiger partial charge in [-0.25, -0.2) is 4.79 Å². The van der Waals surface area contributed by atoms with Crippen LogP contribution in [0.1, 0.15) is 92.1 Å². The fraction of sp³-hybridized carbons (Fsp3) is 0.636. The number of aliphatic hydroxyl groups excluding tert-OH is 1. The summed E-state index contributed by atoms with van der Waals surface area (Å²) in [4.78, 5) is 132. The minimum absolute atomic E-state index is 0.000139. The van der Waals surface area contributed by atoms with Crippen molar-refractivity contribution < 1.29 is 63.3 Å². The van der Waals surface area contributed by atoms with E-state index in [1.54, 1.807) is 58.0 Å². The summed E-state index contributed by atoms with van der Waals surface area (Å²) in [5.74, 6) is -9.80. The van der Waals surface area contributed by atoms with Crippen molar-refractivity contribution in [3.8, 4) is 0 Å². The van der Waals surface area contributed by atoms with Gasteiger partial charge in [-0.05, 0) is 76.3 Å². The third-order valence-electron chi connectivity index (χ3n) is 11.1. The molecule has 1 aliphatic rings. The van der Waals surface area contributed by atoms with Crippen LogP contribution >= 0.6 is 0 Å². The van der Waals surface area contributed by atoms with Gasteiger partial charge in [0.25, 0.3) is 0 Å². The highest BCUT2D eigenvalue weighted by molar-refractivity contribution is 5.98. The van der Waals surface area contributed by atoms with E-state index in [0.717, 1.165) is 0 Å². The number of unbranched alkanes of at least 4 members (excludes halogenated alkanes) is 1. The van der Waals surface area contributed by atoms with Crippen molar-refractivity contribution in [3.05, 3.63) is 35.9 Å². The van der Waals surface area contributed by atoms with Crippen molar-refractivity contribution in [1.82, 2.24) is 42.1 Å². The van der Waals surface area contributed by atoms with Crippen LogP contribution in [0.15, 0.2) is 30.3 Å². The summed E-state index contributed by atoms with van der Waals surface area (Å²) in [6, 6.07) is -2.49. The van der Waals surface area contributed by atoms with Gasteiger partial charge < -0.3 is 68.9 Å². The number of hydrogen-bond acceptors (Lipinski definition) is 13. The lowest BCUT2D eigenvalue weighted by Crippen LogP contribution is -2.61.